The quantitative estimate of drug-likeness (QED) is 0.593. The van der Waals surface area contributed by atoms with Crippen molar-refractivity contribution < 1.29 is 9.90 Å². The second-order valence-corrected chi connectivity index (χ2v) is 3.00. The molecule has 0 aromatic heterocycles. The van der Waals surface area contributed by atoms with Crippen molar-refractivity contribution in [3.05, 3.63) is 29.3 Å². The van der Waals surface area contributed by atoms with Crippen molar-refractivity contribution in [1.29, 1.82) is 0 Å². The molecular formula is C11H12N2O2. The number of carbonyl (C=O) groups is 1. The van der Waals surface area contributed by atoms with Crippen LogP contribution in [0.5, 0.6) is 0 Å². The summed E-state index contributed by atoms with van der Waals surface area (Å²) in [6.45, 7) is 1.68. The highest BCUT2D eigenvalue weighted by atomic mass is 16.2. The van der Waals surface area contributed by atoms with Gasteiger partial charge in [0.05, 0.1) is 5.69 Å². The third kappa shape index (κ3) is 3.33. The number of aliphatic hydroxyl groups excluding tert-OH is 1. The van der Waals surface area contributed by atoms with Gasteiger partial charge in [-0.1, -0.05) is 17.9 Å². The molecule has 4 nitrogen and oxygen atoms in total. The largest absolute Gasteiger partial charge is 0.384 e. The zero-order valence-electron chi connectivity index (χ0n) is 8.37. The summed E-state index contributed by atoms with van der Waals surface area (Å²) in [7, 11) is 0. The fraction of sp³-hybridized carbons (Fsp3) is 0.182. The van der Waals surface area contributed by atoms with Crippen molar-refractivity contribution in [1.82, 2.24) is 0 Å². The van der Waals surface area contributed by atoms with Crippen LogP contribution < -0.4 is 11.1 Å². The molecule has 0 aliphatic carbocycles. The molecule has 4 N–H and O–H groups in total. The molecule has 0 saturated carbocycles. The zero-order chi connectivity index (χ0) is 11.3. The number of aryl methyl sites for hydroxylation is 1. The fourth-order valence-corrected chi connectivity index (χ4v) is 1.14. The van der Waals surface area contributed by atoms with Gasteiger partial charge in [0.2, 0.25) is 0 Å². The van der Waals surface area contributed by atoms with Crippen molar-refractivity contribution in [3.8, 4) is 11.8 Å². The molecule has 15 heavy (non-hydrogen) atoms. The fourth-order valence-electron chi connectivity index (χ4n) is 1.14. The van der Waals surface area contributed by atoms with Gasteiger partial charge < -0.3 is 16.2 Å². The maximum absolute atomic E-state index is 10.7. The van der Waals surface area contributed by atoms with Crippen molar-refractivity contribution in [2.45, 2.75) is 6.92 Å². The van der Waals surface area contributed by atoms with Gasteiger partial charge in [0.15, 0.2) is 0 Å². The SMILES string of the molecule is Cc1ccc(C#CCO)c(NC(N)=O)c1. The van der Waals surface area contributed by atoms with Gasteiger partial charge in [-0.3, -0.25) is 0 Å². The van der Waals surface area contributed by atoms with E-state index in [4.69, 9.17) is 10.8 Å². The summed E-state index contributed by atoms with van der Waals surface area (Å²) in [4.78, 5) is 10.7. The first kappa shape index (κ1) is 11.1. The Hall–Kier alpha value is -1.99. The Kier molecular flexibility index (Phi) is 3.72. The molecule has 0 spiro atoms. The van der Waals surface area contributed by atoms with E-state index < -0.39 is 6.03 Å². The van der Waals surface area contributed by atoms with E-state index in [1.165, 1.54) is 0 Å². The van der Waals surface area contributed by atoms with Gasteiger partial charge in [-0.2, -0.15) is 0 Å². The second kappa shape index (κ2) is 5.03. The second-order valence-electron chi connectivity index (χ2n) is 3.00. The molecule has 2 amide bonds. The monoisotopic (exact) mass is 204 g/mol. The molecule has 4 heteroatoms. The lowest BCUT2D eigenvalue weighted by Crippen LogP contribution is -2.20. The van der Waals surface area contributed by atoms with Crippen LogP contribution in [-0.4, -0.2) is 17.7 Å². The smallest absolute Gasteiger partial charge is 0.316 e. The average molecular weight is 204 g/mol. The summed E-state index contributed by atoms with van der Waals surface area (Å²) in [5.74, 6) is 5.24. The molecule has 0 heterocycles. The van der Waals surface area contributed by atoms with Gasteiger partial charge in [-0.05, 0) is 24.6 Å². The Labute approximate surface area is 88.1 Å². The molecule has 0 aliphatic rings. The average Bonchev–Trinajstić information content (AvgIpc) is 2.16. The van der Waals surface area contributed by atoms with Crippen molar-refractivity contribution in [2.24, 2.45) is 5.73 Å². The van der Waals surface area contributed by atoms with E-state index in [2.05, 4.69) is 17.2 Å². The van der Waals surface area contributed by atoms with E-state index in [1.54, 1.807) is 12.1 Å². The molecule has 0 fully saturated rings. The number of nitrogens with one attached hydrogen (secondary N) is 1. The van der Waals surface area contributed by atoms with Crippen LogP contribution in [-0.2, 0) is 0 Å². The minimum absolute atomic E-state index is 0.218. The molecule has 1 aromatic rings. The van der Waals surface area contributed by atoms with Crippen molar-refractivity contribution >= 4 is 11.7 Å². The summed E-state index contributed by atoms with van der Waals surface area (Å²) >= 11 is 0. The standard InChI is InChI=1S/C11H12N2O2/c1-8-4-5-9(3-2-6-14)10(7-8)13-11(12)15/h4-5,7,14H,6H2,1H3,(H3,12,13,15). The highest BCUT2D eigenvalue weighted by molar-refractivity contribution is 5.89. The van der Waals surface area contributed by atoms with Gasteiger partial charge in [0.1, 0.15) is 6.61 Å². The van der Waals surface area contributed by atoms with Crippen LogP contribution >= 0.6 is 0 Å². The van der Waals surface area contributed by atoms with E-state index in [0.29, 0.717) is 11.3 Å². The molecule has 1 rings (SSSR count). The van der Waals surface area contributed by atoms with Crippen LogP contribution in [0.1, 0.15) is 11.1 Å². The highest BCUT2D eigenvalue weighted by Gasteiger charge is 2.02. The number of amides is 2. The molecule has 1 aromatic carbocycles. The summed E-state index contributed by atoms with van der Waals surface area (Å²) < 4.78 is 0. The number of benzene rings is 1. The summed E-state index contributed by atoms with van der Waals surface area (Å²) in [6, 6.07) is 4.77. The third-order valence-corrected chi connectivity index (χ3v) is 1.74. The minimum atomic E-state index is -0.632. The lowest BCUT2D eigenvalue weighted by Gasteiger charge is -2.05. The lowest BCUT2D eigenvalue weighted by atomic mass is 10.1. The van der Waals surface area contributed by atoms with E-state index >= 15 is 0 Å². The summed E-state index contributed by atoms with van der Waals surface area (Å²) in [6.07, 6.45) is 0. The van der Waals surface area contributed by atoms with E-state index in [1.807, 2.05) is 13.0 Å². The molecular weight excluding hydrogens is 192 g/mol. The number of aliphatic hydroxyl groups is 1. The predicted molar refractivity (Wildman–Crippen MR) is 58.3 cm³/mol. The third-order valence-electron chi connectivity index (χ3n) is 1.74. The minimum Gasteiger partial charge on any atom is -0.384 e. The molecule has 78 valence electrons. The van der Waals surface area contributed by atoms with Crippen LogP contribution in [0, 0.1) is 18.8 Å². The molecule has 0 atom stereocenters. The Morgan fingerprint density at radius 3 is 2.93 bits per heavy atom. The Balaban J connectivity index is 3.08. The summed E-state index contributed by atoms with van der Waals surface area (Å²) in [5.41, 5.74) is 7.21. The molecule has 0 bridgehead atoms. The van der Waals surface area contributed by atoms with Gasteiger partial charge in [-0.15, -0.1) is 0 Å². The number of anilines is 1. The van der Waals surface area contributed by atoms with Crippen LogP contribution in [0.4, 0.5) is 10.5 Å². The van der Waals surface area contributed by atoms with Gasteiger partial charge in [-0.25, -0.2) is 4.79 Å². The first-order valence-electron chi connectivity index (χ1n) is 4.40. The maximum atomic E-state index is 10.7. The number of hydrogen-bond acceptors (Lipinski definition) is 2. The number of rotatable bonds is 1. The topological polar surface area (TPSA) is 75.3 Å². The van der Waals surface area contributed by atoms with Gasteiger partial charge >= 0.3 is 6.03 Å². The molecule has 0 radical (unpaired) electrons. The van der Waals surface area contributed by atoms with Crippen LogP contribution in [0.15, 0.2) is 18.2 Å². The van der Waals surface area contributed by atoms with E-state index in [9.17, 15) is 4.79 Å². The van der Waals surface area contributed by atoms with Crippen LogP contribution in [0.2, 0.25) is 0 Å². The summed E-state index contributed by atoms with van der Waals surface area (Å²) in [5, 5.41) is 11.0. The van der Waals surface area contributed by atoms with Crippen LogP contribution in [0.25, 0.3) is 0 Å². The number of nitrogens with two attached hydrogens (primary N) is 1. The molecule has 0 saturated heterocycles. The first-order chi connectivity index (χ1) is 7.13. The first-order valence-corrected chi connectivity index (χ1v) is 4.40. The lowest BCUT2D eigenvalue weighted by molar-refractivity contribution is 0.259. The van der Waals surface area contributed by atoms with Gasteiger partial charge in [0, 0.05) is 5.56 Å². The normalized spacial score (nSPS) is 8.93. The Morgan fingerprint density at radius 1 is 1.60 bits per heavy atom. The van der Waals surface area contributed by atoms with Gasteiger partial charge in [0.25, 0.3) is 0 Å². The molecule has 0 aliphatic heterocycles. The Bertz CT molecular complexity index is 430. The van der Waals surface area contributed by atoms with Crippen LogP contribution in [0.3, 0.4) is 0 Å². The molecule has 0 unspecified atom stereocenters. The highest BCUT2D eigenvalue weighted by Crippen LogP contribution is 2.16. The number of primary amides is 1. The number of hydrogen-bond donors (Lipinski definition) is 3. The zero-order valence-corrected chi connectivity index (χ0v) is 8.37. The van der Waals surface area contributed by atoms with Crippen molar-refractivity contribution in [2.75, 3.05) is 11.9 Å². The number of carbonyl (C=O) groups excluding carboxylic acids is 1. The Morgan fingerprint density at radius 2 is 2.33 bits per heavy atom. The number of urea groups is 1. The van der Waals surface area contributed by atoms with E-state index in [-0.39, 0.29) is 6.61 Å². The van der Waals surface area contributed by atoms with E-state index in [0.717, 1.165) is 5.56 Å². The maximum Gasteiger partial charge on any atom is 0.316 e. The van der Waals surface area contributed by atoms with Crippen molar-refractivity contribution in [3.63, 3.8) is 0 Å². The predicted octanol–water partition coefficient (Wildman–Crippen LogP) is 0.829.